The molecule has 2 aromatic carbocycles. The van der Waals surface area contributed by atoms with Gasteiger partial charge in [0.05, 0.1) is 11.4 Å². The molecule has 3 aromatic rings. The van der Waals surface area contributed by atoms with Crippen molar-refractivity contribution in [3.05, 3.63) is 65.6 Å². The maximum Gasteiger partial charge on any atom is 0.126 e. The van der Waals surface area contributed by atoms with Crippen LogP contribution in [0.2, 0.25) is 0 Å². The first-order chi connectivity index (χ1) is 15.1. The van der Waals surface area contributed by atoms with E-state index in [4.69, 9.17) is 5.10 Å². The first kappa shape index (κ1) is 21.8. The topological polar surface area (TPSA) is 17.8 Å². The molecule has 0 atom stereocenters. The SMILES string of the molecule is CCCc1nn(CC2CCC(CC)CC2)c(-c2ccc(F)c(C)c2)c1-c1ccccc1. The van der Waals surface area contributed by atoms with Crippen molar-refractivity contribution < 1.29 is 4.39 Å². The molecule has 0 unspecified atom stereocenters. The summed E-state index contributed by atoms with van der Waals surface area (Å²) in [5.41, 5.74) is 6.47. The minimum absolute atomic E-state index is 0.150. The standard InChI is InChI=1S/C28H35FN2/c1-4-9-26-27(23-10-7-6-8-11-23)28(24-16-17-25(29)20(3)18-24)31(30-26)19-22-14-12-21(5-2)13-15-22/h6-8,10-11,16-18,21-22H,4-5,9,12-15,19H2,1-3H3. The molecule has 2 nitrogen and oxygen atoms in total. The molecule has 0 saturated heterocycles. The van der Waals surface area contributed by atoms with Crippen molar-refractivity contribution >= 4 is 0 Å². The molecule has 4 rings (SSSR count). The van der Waals surface area contributed by atoms with Crippen LogP contribution in [0.15, 0.2) is 48.5 Å². The Morgan fingerprint density at radius 1 is 0.935 bits per heavy atom. The van der Waals surface area contributed by atoms with E-state index in [1.165, 1.54) is 43.2 Å². The molecule has 1 aromatic heterocycles. The van der Waals surface area contributed by atoms with Gasteiger partial charge < -0.3 is 0 Å². The van der Waals surface area contributed by atoms with Gasteiger partial charge in [-0.1, -0.05) is 69.9 Å². The summed E-state index contributed by atoms with van der Waals surface area (Å²) in [5, 5.41) is 5.16. The highest BCUT2D eigenvalue weighted by molar-refractivity contribution is 5.83. The Balaban J connectivity index is 1.80. The van der Waals surface area contributed by atoms with E-state index in [0.717, 1.165) is 42.3 Å². The molecule has 0 bridgehead atoms. The first-order valence-electron chi connectivity index (χ1n) is 12.0. The fourth-order valence-electron chi connectivity index (χ4n) is 5.12. The van der Waals surface area contributed by atoms with Crippen molar-refractivity contribution in [3.63, 3.8) is 0 Å². The monoisotopic (exact) mass is 418 g/mol. The van der Waals surface area contributed by atoms with E-state index in [2.05, 4.69) is 48.9 Å². The van der Waals surface area contributed by atoms with Gasteiger partial charge in [0, 0.05) is 17.7 Å². The molecular formula is C28H35FN2. The second-order valence-corrected chi connectivity index (χ2v) is 9.23. The van der Waals surface area contributed by atoms with Crippen LogP contribution in [-0.2, 0) is 13.0 Å². The Hall–Kier alpha value is -2.42. The normalized spacial score (nSPS) is 19.0. The van der Waals surface area contributed by atoms with Gasteiger partial charge in [0.15, 0.2) is 0 Å². The van der Waals surface area contributed by atoms with Crippen LogP contribution in [0.5, 0.6) is 0 Å². The van der Waals surface area contributed by atoms with E-state index in [1.807, 2.05) is 19.1 Å². The lowest BCUT2D eigenvalue weighted by Crippen LogP contribution is -2.20. The van der Waals surface area contributed by atoms with Gasteiger partial charge in [-0.25, -0.2) is 4.39 Å². The van der Waals surface area contributed by atoms with Gasteiger partial charge in [-0.05, 0) is 67.3 Å². The number of halogens is 1. The van der Waals surface area contributed by atoms with Gasteiger partial charge >= 0.3 is 0 Å². The Kier molecular flexibility index (Phi) is 6.89. The zero-order valence-electron chi connectivity index (χ0n) is 19.2. The number of nitrogens with zero attached hydrogens (tertiary/aromatic N) is 2. The third-order valence-corrected chi connectivity index (χ3v) is 6.98. The average molecular weight is 419 g/mol. The van der Waals surface area contributed by atoms with Gasteiger partial charge in [-0.2, -0.15) is 5.10 Å². The van der Waals surface area contributed by atoms with Crippen LogP contribution in [0.4, 0.5) is 4.39 Å². The molecule has 1 heterocycles. The second kappa shape index (κ2) is 9.80. The summed E-state index contributed by atoms with van der Waals surface area (Å²) in [6, 6.07) is 16.1. The third-order valence-electron chi connectivity index (χ3n) is 6.98. The van der Waals surface area contributed by atoms with Gasteiger partial charge in [-0.15, -0.1) is 0 Å². The maximum atomic E-state index is 14.1. The summed E-state index contributed by atoms with van der Waals surface area (Å²) in [5.74, 6) is 1.41. The molecule has 0 aliphatic heterocycles. The molecule has 1 saturated carbocycles. The first-order valence-corrected chi connectivity index (χ1v) is 12.0. The van der Waals surface area contributed by atoms with E-state index < -0.39 is 0 Å². The Labute approximate surface area is 186 Å². The number of aryl methyl sites for hydroxylation is 2. The van der Waals surface area contributed by atoms with Crippen LogP contribution in [-0.4, -0.2) is 9.78 Å². The predicted octanol–water partition coefficient (Wildman–Crippen LogP) is 7.83. The highest BCUT2D eigenvalue weighted by atomic mass is 19.1. The van der Waals surface area contributed by atoms with E-state index in [0.29, 0.717) is 11.5 Å². The molecule has 1 fully saturated rings. The predicted molar refractivity (Wildman–Crippen MR) is 128 cm³/mol. The third kappa shape index (κ3) is 4.76. The quantitative estimate of drug-likeness (QED) is 0.382. The van der Waals surface area contributed by atoms with Crippen LogP contribution in [0.1, 0.15) is 63.6 Å². The molecule has 1 aliphatic carbocycles. The molecule has 31 heavy (non-hydrogen) atoms. The van der Waals surface area contributed by atoms with E-state index in [9.17, 15) is 4.39 Å². The average Bonchev–Trinajstić information content (AvgIpc) is 3.14. The van der Waals surface area contributed by atoms with Gasteiger partial charge in [0.2, 0.25) is 0 Å². The van der Waals surface area contributed by atoms with Crippen molar-refractivity contribution in [2.24, 2.45) is 11.8 Å². The summed E-state index contributed by atoms with van der Waals surface area (Å²) >= 11 is 0. The minimum atomic E-state index is -0.150. The largest absolute Gasteiger partial charge is 0.264 e. The Morgan fingerprint density at radius 2 is 1.65 bits per heavy atom. The van der Waals surface area contributed by atoms with Crippen molar-refractivity contribution in [1.82, 2.24) is 9.78 Å². The zero-order chi connectivity index (χ0) is 21.8. The Bertz CT molecular complexity index is 997. The molecule has 0 N–H and O–H groups in total. The number of hydrogen-bond donors (Lipinski definition) is 0. The molecule has 0 amide bonds. The second-order valence-electron chi connectivity index (χ2n) is 9.23. The van der Waals surface area contributed by atoms with Crippen LogP contribution in [0.3, 0.4) is 0 Å². The van der Waals surface area contributed by atoms with Crippen molar-refractivity contribution in [1.29, 1.82) is 0 Å². The molecule has 3 heteroatoms. The van der Waals surface area contributed by atoms with Gasteiger partial charge in [0.25, 0.3) is 0 Å². The summed E-state index contributed by atoms with van der Waals surface area (Å²) in [7, 11) is 0. The van der Waals surface area contributed by atoms with Crippen molar-refractivity contribution in [2.75, 3.05) is 0 Å². The maximum absolute atomic E-state index is 14.1. The van der Waals surface area contributed by atoms with Crippen LogP contribution in [0.25, 0.3) is 22.4 Å². The van der Waals surface area contributed by atoms with E-state index in [-0.39, 0.29) is 5.82 Å². The minimum Gasteiger partial charge on any atom is -0.264 e. The fourth-order valence-corrected chi connectivity index (χ4v) is 5.12. The molecule has 1 aliphatic rings. The smallest absolute Gasteiger partial charge is 0.126 e. The number of aromatic nitrogens is 2. The van der Waals surface area contributed by atoms with E-state index in [1.54, 1.807) is 6.07 Å². The lowest BCUT2D eigenvalue weighted by atomic mass is 9.81. The van der Waals surface area contributed by atoms with Crippen molar-refractivity contribution in [3.8, 4) is 22.4 Å². The van der Waals surface area contributed by atoms with E-state index >= 15 is 0 Å². The molecule has 164 valence electrons. The highest BCUT2D eigenvalue weighted by Gasteiger charge is 2.25. The fraction of sp³-hybridized carbons (Fsp3) is 0.464. The summed E-state index contributed by atoms with van der Waals surface area (Å²) in [6.07, 6.45) is 8.54. The van der Waals surface area contributed by atoms with Crippen LogP contribution in [0, 0.1) is 24.6 Å². The zero-order valence-corrected chi connectivity index (χ0v) is 19.2. The lowest BCUT2D eigenvalue weighted by Gasteiger charge is -2.28. The number of hydrogen-bond acceptors (Lipinski definition) is 1. The van der Waals surface area contributed by atoms with Gasteiger partial charge in [0.1, 0.15) is 5.82 Å². The summed E-state index contributed by atoms with van der Waals surface area (Å²) in [4.78, 5) is 0. The summed E-state index contributed by atoms with van der Waals surface area (Å²) in [6.45, 7) is 7.32. The molecular weight excluding hydrogens is 383 g/mol. The lowest BCUT2D eigenvalue weighted by molar-refractivity contribution is 0.242. The molecule has 0 spiro atoms. The Morgan fingerprint density at radius 3 is 2.29 bits per heavy atom. The summed E-state index contributed by atoms with van der Waals surface area (Å²) < 4.78 is 16.3. The highest BCUT2D eigenvalue weighted by Crippen LogP contribution is 2.38. The van der Waals surface area contributed by atoms with Crippen molar-refractivity contribution in [2.45, 2.75) is 72.3 Å². The van der Waals surface area contributed by atoms with Crippen LogP contribution >= 0.6 is 0 Å². The number of rotatable bonds is 7. The molecule has 0 radical (unpaired) electrons. The van der Waals surface area contributed by atoms with Crippen LogP contribution < -0.4 is 0 Å². The van der Waals surface area contributed by atoms with Gasteiger partial charge in [-0.3, -0.25) is 4.68 Å². The number of benzene rings is 2.